The molecule has 0 saturated carbocycles. The van der Waals surface area contributed by atoms with Crippen LogP contribution in [0.1, 0.15) is 63.2 Å². The highest BCUT2D eigenvalue weighted by Crippen LogP contribution is 2.31. The number of amides is 2. The lowest BCUT2D eigenvalue weighted by atomic mass is 9.98. The van der Waals surface area contributed by atoms with Crippen LogP contribution in [0.5, 0.6) is 5.75 Å². The molecule has 0 aromatic heterocycles. The maximum Gasteiger partial charge on any atom is 0.253 e. The molecule has 0 aliphatic carbocycles. The van der Waals surface area contributed by atoms with Gasteiger partial charge in [-0.3, -0.25) is 9.59 Å². The summed E-state index contributed by atoms with van der Waals surface area (Å²) in [5, 5.41) is 6.08. The highest BCUT2D eigenvalue weighted by atomic mass is 16.5. The van der Waals surface area contributed by atoms with Crippen molar-refractivity contribution in [1.82, 2.24) is 5.32 Å². The predicted molar refractivity (Wildman–Crippen MR) is 148 cm³/mol. The number of nitrogens with zero attached hydrogens (tertiary/aromatic N) is 2. The van der Waals surface area contributed by atoms with Crippen LogP contribution in [0.4, 0.5) is 17.1 Å². The molecule has 1 aliphatic heterocycles. The monoisotopic (exact) mass is 494 g/mol. The number of carbonyl (C=O) groups is 2. The molecule has 36 heavy (non-hydrogen) atoms. The van der Waals surface area contributed by atoms with Gasteiger partial charge in [0.05, 0.1) is 18.4 Å². The first-order chi connectivity index (χ1) is 17.5. The summed E-state index contributed by atoms with van der Waals surface area (Å²) < 4.78 is 5.55. The summed E-state index contributed by atoms with van der Waals surface area (Å²) in [6, 6.07) is 13.8. The Morgan fingerprint density at radius 2 is 1.64 bits per heavy atom. The standard InChI is InChI=1S/C29H42N4O3/c1-5-8-11-22(7-3)28(34)31-23-14-15-25(24(21-23)29(35)30-16-6-2)32-17-19-33(20-18-32)26-12-9-10-13-27(26)36-4/h9-10,12-15,21-22H,5-8,11,16-20H2,1-4H3,(H,30,35)(H,31,34). The normalized spacial score (nSPS) is 14.3. The number of benzene rings is 2. The van der Waals surface area contributed by atoms with Gasteiger partial charge < -0.3 is 25.2 Å². The molecule has 1 unspecified atom stereocenters. The van der Waals surface area contributed by atoms with E-state index in [0.29, 0.717) is 17.8 Å². The van der Waals surface area contributed by atoms with E-state index in [4.69, 9.17) is 4.74 Å². The molecule has 0 radical (unpaired) electrons. The third-order valence-electron chi connectivity index (χ3n) is 6.86. The van der Waals surface area contributed by atoms with Crippen LogP contribution in [-0.4, -0.2) is 51.6 Å². The van der Waals surface area contributed by atoms with Gasteiger partial charge in [-0.05, 0) is 49.6 Å². The van der Waals surface area contributed by atoms with Crippen molar-refractivity contribution in [1.29, 1.82) is 0 Å². The Labute approximate surface area is 216 Å². The average molecular weight is 495 g/mol. The van der Waals surface area contributed by atoms with E-state index in [9.17, 15) is 9.59 Å². The number of ether oxygens (including phenoxy) is 1. The van der Waals surface area contributed by atoms with E-state index >= 15 is 0 Å². The molecule has 1 fully saturated rings. The molecule has 7 nitrogen and oxygen atoms in total. The lowest BCUT2D eigenvalue weighted by molar-refractivity contribution is -0.120. The van der Waals surface area contributed by atoms with Crippen LogP contribution in [0.2, 0.25) is 0 Å². The van der Waals surface area contributed by atoms with Crippen LogP contribution in [-0.2, 0) is 4.79 Å². The molecule has 3 rings (SSSR count). The van der Waals surface area contributed by atoms with Crippen LogP contribution in [0.3, 0.4) is 0 Å². The van der Waals surface area contributed by atoms with Crippen LogP contribution < -0.4 is 25.2 Å². The van der Waals surface area contributed by atoms with Crippen LogP contribution >= 0.6 is 0 Å². The number of carbonyl (C=O) groups excluding carboxylic acids is 2. The van der Waals surface area contributed by atoms with Crippen molar-refractivity contribution in [3.8, 4) is 5.75 Å². The SMILES string of the molecule is CCCCC(CC)C(=O)Nc1ccc(N2CCN(c3ccccc3OC)CC2)c(C(=O)NCCC)c1. The molecule has 0 spiro atoms. The number of hydrogen-bond acceptors (Lipinski definition) is 5. The molecule has 1 atom stereocenters. The summed E-state index contributed by atoms with van der Waals surface area (Å²) in [6.45, 7) is 10.1. The number of methoxy groups -OCH3 is 1. The molecular formula is C29H42N4O3. The van der Waals surface area contributed by atoms with Crippen molar-refractivity contribution >= 4 is 28.9 Å². The smallest absolute Gasteiger partial charge is 0.253 e. The number of hydrogen-bond donors (Lipinski definition) is 2. The maximum absolute atomic E-state index is 13.1. The van der Waals surface area contributed by atoms with Crippen molar-refractivity contribution in [3.05, 3.63) is 48.0 Å². The second-order valence-corrected chi connectivity index (χ2v) is 9.37. The van der Waals surface area contributed by atoms with Crippen molar-refractivity contribution < 1.29 is 14.3 Å². The fraction of sp³-hybridized carbons (Fsp3) is 0.517. The minimum atomic E-state index is -0.104. The molecule has 7 heteroatoms. The fourth-order valence-corrected chi connectivity index (χ4v) is 4.70. The number of nitrogens with one attached hydrogen (secondary N) is 2. The van der Waals surface area contributed by atoms with E-state index in [1.807, 2.05) is 43.3 Å². The van der Waals surface area contributed by atoms with Gasteiger partial charge in [0, 0.05) is 50.0 Å². The summed E-state index contributed by atoms with van der Waals surface area (Å²) in [5.41, 5.74) is 3.27. The Balaban J connectivity index is 1.78. The summed E-state index contributed by atoms with van der Waals surface area (Å²) in [5.74, 6) is 0.789. The molecular weight excluding hydrogens is 452 g/mol. The highest BCUT2D eigenvalue weighted by molar-refractivity contribution is 6.02. The zero-order valence-electron chi connectivity index (χ0n) is 22.3. The van der Waals surface area contributed by atoms with Gasteiger partial charge in [0.1, 0.15) is 5.75 Å². The van der Waals surface area contributed by atoms with Gasteiger partial charge in [-0.25, -0.2) is 0 Å². The second kappa shape index (κ2) is 13.8. The van der Waals surface area contributed by atoms with Crippen molar-refractivity contribution in [3.63, 3.8) is 0 Å². The Morgan fingerprint density at radius 1 is 0.944 bits per heavy atom. The molecule has 2 amide bonds. The van der Waals surface area contributed by atoms with Gasteiger partial charge in [0.15, 0.2) is 0 Å². The third kappa shape index (κ3) is 6.93. The van der Waals surface area contributed by atoms with Crippen LogP contribution in [0, 0.1) is 5.92 Å². The summed E-state index contributed by atoms with van der Waals surface area (Å²) in [6.07, 6.45) is 4.67. The zero-order chi connectivity index (χ0) is 25.9. The molecule has 2 aromatic carbocycles. The van der Waals surface area contributed by atoms with E-state index in [-0.39, 0.29) is 17.7 Å². The number of para-hydroxylation sites is 2. The average Bonchev–Trinajstić information content (AvgIpc) is 2.92. The van der Waals surface area contributed by atoms with Crippen molar-refractivity contribution in [2.24, 2.45) is 5.92 Å². The second-order valence-electron chi connectivity index (χ2n) is 9.37. The first kappa shape index (κ1) is 27.4. The summed E-state index contributed by atoms with van der Waals surface area (Å²) >= 11 is 0. The summed E-state index contributed by atoms with van der Waals surface area (Å²) in [4.78, 5) is 30.6. The Kier molecular flexibility index (Phi) is 10.5. The molecule has 1 aliphatic rings. The van der Waals surface area contributed by atoms with Crippen LogP contribution in [0.25, 0.3) is 0 Å². The van der Waals surface area contributed by atoms with Gasteiger partial charge in [0.2, 0.25) is 5.91 Å². The minimum absolute atomic E-state index is 0.00921. The number of anilines is 3. The Hall–Kier alpha value is -3.22. The molecule has 2 N–H and O–H groups in total. The van der Waals surface area contributed by atoms with Crippen LogP contribution in [0.15, 0.2) is 42.5 Å². The number of unbranched alkanes of at least 4 members (excludes halogenated alkanes) is 1. The predicted octanol–water partition coefficient (Wildman–Crippen LogP) is 5.32. The minimum Gasteiger partial charge on any atom is -0.495 e. The molecule has 0 bridgehead atoms. The van der Waals surface area contributed by atoms with Crippen molar-refractivity contribution in [2.45, 2.75) is 52.9 Å². The zero-order valence-corrected chi connectivity index (χ0v) is 22.3. The topological polar surface area (TPSA) is 73.9 Å². The van der Waals surface area contributed by atoms with E-state index in [1.54, 1.807) is 7.11 Å². The lowest BCUT2D eigenvalue weighted by Gasteiger charge is -2.38. The highest BCUT2D eigenvalue weighted by Gasteiger charge is 2.24. The first-order valence-corrected chi connectivity index (χ1v) is 13.4. The summed E-state index contributed by atoms with van der Waals surface area (Å²) in [7, 11) is 1.70. The van der Waals surface area contributed by atoms with Gasteiger partial charge in [-0.15, -0.1) is 0 Å². The van der Waals surface area contributed by atoms with Gasteiger partial charge >= 0.3 is 0 Å². The van der Waals surface area contributed by atoms with E-state index in [0.717, 1.165) is 75.4 Å². The van der Waals surface area contributed by atoms with E-state index in [2.05, 4.69) is 40.3 Å². The van der Waals surface area contributed by atoms with Gasteiger partial charge in [0.25, 0.3) is 5.91 Å². The number of rotatable bonds is 12. The van der Waals surface area contributed by atoms with Crippen molar-refractivity contribution in [2.75, 3.05) is 55.0 Å². The molecule has 1 saturated heterocycles. The van der Waals surface area contributed by atoms with E-state index in [1.165, 1.54) is 0 Å². The Morgan fingerprint density at radius 3 is 2.28 bits per heavy atom. The number of piperazine rings is 1. The maximum atomic E-state index is 13.1. The molecule has 196 valence electrons. The first-order valence-electron chi connectivity index (χ1n) is 13.4. The van der Waals surface area contributed by atoms with Gasteiger partial charge in [-0.2, -0.15) is 0 Å². The molecule has 2 aromatic rings. The van der Waals surface area contributed by atoms with E-state index < -0.39 is 0 Å². The van der Waals surface area contributed by atoms with Gasteiger partial charge in [-0.1, -0.05) is 45.7 Å². The Bertz CT molecular complexity index is 1000. The fourth-order valence-electron chi connectivity index (χ4n) is 4.70. The molecule has 1 heterocycles. The largest absolute Gasteiger partial charge is 0.495 e. The quantitative estimate of drug-likeness (QED) is 0.418. The lowest BCUT2D eigenvalue weighted by Crippen LogP contribution is -2.47. The third-order valence-corrected chi connectivity index (χ3v) is 6.86.